The fraction of sp³-hybridized carbons (Fsp3) is 0.455. The van der Waals surface area contributed by atoms with E-state index >= 15 is 0 Å². The lowest BCUT2D eigenvalue weighted by Crippen LogP contribution is -2.27. The summed E-state index contributed by atoms with van der Waals surface area (Å²) in [4.78, 5) is 0. The lowest BCUT2D eigenvalue weighted by molar-refractivity contribution is 0.109. The summed E-state index contributed by atoms with van der Waals surface area (Å²) < 4.78 is 0. The first kappa shape index (κ1) is 7.81. The highest BCUT2D eigenvalue weighted by Gasteiger charge is 2.22. The number of aliphatic hydroxyl groups excluding tert-OH is 1. The van der Waals surface area contributed by atoms with Gasteiger partial charge in [0.1, 0.15) is 0 Å². The van der Waals surface area contributed by atoms with E-state index in [4.69, 9.17) is 0 Å². The highest BCUT2D eigenvalue weighted by molar-refractivity contribution is 5.30. The Labute approximate surface area is 73.0 Å². The van der Waals surface area contributed by atoms with Crippen molar-refractivity contribution in [1.29, 1.82) is 0 Å². The lowest BCUT2D eigenvalue weighted by Gasteiger charge is -2.26. The zero-order chi connectivity index (χ0) is 8.55. The van der Waals surface area contributed by atoms with Gasteiger partial charge in [0.2, 0.25) is 0 Å². The Kier molecular flexibility index (Phi) is 1.89. The molecule has 0 aromatic heterocycles. The van der Waals surface area contributed by atoms with Crippen molar-refractivity contribution >= 4 is 0 Å². The number of hydrogen-bond donors (Lipinski definition) is 1. The lowest BCUT2D eigenvalue weighted by atomic mass is 9.83. The maximum Gasteiger partial charge on any atom is 0.0609 e. The van der Waals surface area contributed by atoms with Gasteiger partial charge in [-0.05, 0) is 29.9 Å². The van der Waals surface area contributed by atoms with E-state index < -0.39 is 0 Å². The van der Waals surface area contributed by atoms with Crippen LogP contribution in [-0.4, -0.2) is 11.2 Å². The first-order valence-electron chi connectivity index (χ1n) is 4.52. The minimum Gasteiger partial charge on any atom is -0.392 e. The Morgan fingerprint density at radius 2 is 1.75 bits per heavy atom. The average Bonchev–Trinajstić information content (AvgIpc) is 2.07. The van der Waals surface area contributed by atoms with Gasteiger partial charge < -0.3 is 5.11 Å². The van der Waals surface area contributed by atoms with Crippen LogP contribution in [-0.2, 0) is 12.8 Å². The van der Waals surface area contributed by atoms with Crippen molar-refractivity contribution in [2.24, 2.45) is 5.92 Å². The first-order valence-corrected chi connectivity index (χ1v) is 4.52. The number of aliphatic hydroxyl groups is 1. The Balaban J connectivity index is 2.34. The van der Waals surface area contributed by atoms with Crippen LogP contribution in [0.4, 0.5) is 0 Å². The Bertz CT molecular complexity index is 251. The van der Waals surface area contributed by atoms with Crippen molar-refractivity contribution in [2.45, 2.75) is 25.9 Å². The Morgan fingerprint density at radius 3 is 2.42 bits per heavy atom. The minimum absolute atomic E-state index is 0.139. The van der Waals surface area contributed by atoms with E-state index in [1.54, 1.807) is 0 Å². The van der Waals surface area contributed by atoms with E-state index in [-0.39, 0.29) is 6.10 Å². The molecule has 0 radical (unpaired) electrons. The largest absolute Gasteiger partial charge is 0.392 e. The highest BCUT2D eigenvalue weighted by Crippen LogP contribution is 2.24. The third-order valence-corrected chi connectivity index (χ3v) is 2.75. The maximum absolute atomic E-state index is 9.62. The first-order chi connectivity index (χ1) is 5.77. The molecule has 0 amide bonds. The number of fused-ring (bicyclic) bond motifs is 1. The molecule has 1 aliphatic carbocycles. The zero-order valence-electron chi connectivity index (χ0n) is 7.33. The van der Waals surface area contributed by atoms with Gasteiger partial charge in [-0.15, -0.1) is 0 Å². The molecule has 1 aromatic carbocycles. The van der Waals surface area contributed by atoms with E-state index in [9.17, 15) is 5.11 Å². The second-order valence-corrected chi connectivity index (χ2v) is 3.72. The van der Waals surface area contributed by atoms with Gasteiger partial charge in [-0.1, -0.05) is 31.2 Å². The van der Waals surface area contributed by atoms with Crippen LogP contribution >= 0.6 is 0 Å². The van der Waals surface area contributed by atoms with Crippen molar-refractivity contribution in [1.82, 2.24) is 0 Å². The fourth-order valence-corrected chi connectivity index (χ4v) is 1.87. The van der Waals surface area contributed by atoms with E-state index in [0.717, 1.165) is 12.8 Å². The summed E-state index contributed by atoms with van der Waals surface area (Å²) >= 11 is 0. The van der Waals surface area contributed by atoms with Gasteiger partial charge >= 0.3 is 0 Å². The summed E-state index contributed by atoms with van der Waals surface area (Å²) in [6.07, 6.45) is 1.72. The molecule has 2 atom stereocenters. The summed E-state index contributed by atoms with van der Waals surface area (Å²) in [6.45, 7) is 2.11. The minimum atomic E-state index is -0.139. The van der Waals surface area contributed by atoms with Crippen LogP contribution < -0.4 is 0 Å². The zero-order valence-corrected chi connectivity index (χ0v) is 7.33. The predicted molar refractivity (Wildman–Crippen MR) is 49.0 cm³/mol. The van der Waals surface area contributed by atoms with Gasteiger partial charge in [-0.2, -0.15) is 0 Å². The van der Waals surface area contributed by atoms with Crippen LogP contribution in [0.1, 0.15) is 18.1 Å². The van der Waals surface area contributed by atoms with Gasteiger partial charge in [0.15, 0.2) is 0 Å². The van der Waals surface area contributed by atoms with Crippen molar-refractivity contribution in [3.05, 3.63) is 35.4 Å². The fourth-order valence-electron chi connectivity index (χ4n) is 1.87. The topological polar surface area (TPSA) is 20.2 Å². The Morgan fingerprint density at radius 1 is 1.17 bits per heavy atom. The summed E-state index contributed by atoms with van der Waals surface area (Å²) in [5, 5.41) is 9.62. The van der Waals surface area contributed by atoms with E-state index in [2.05, 4.69) is 25.1 Å². The van der Waals surface area contributed by atoms with Crippen LogP contribution in [0.25, 0.3) is 0 Å². The highest BCUT2D eigenvalue weighted by atomic mass is 16.3. The predicted octanol–water partition coefficient (Wildman–Crippen LogP) is 1.78. The molecule has 64 valence electrons. The van der Waals surface area contributed by atoms with Gasteiger partial charge in [0, 0.05) is 0 Å². The summed E-state index contributed by atoms with van der Waals surface area (Å²) in [5.41, 5.74) is 2.73. The monoisotopic (exact) mass is 162 g/mol. The van der Waals surface area contributed by atoms with E-state index in [1.807, 2.05) is 6.07 Å². The second kappa shape index (κ2) is 2.91. The van der Waals surface area contributed by atoms with Crippen molar-refractivity contribution < 1.29 is 5.11 Å². The van der Waals surface area contributed by atoms with Gasteiger partial charge in [0.25, 0.3) is 0 Å². The molecule has 0 fully saturated rings. The molecule has 1 nitrogen and oxygen atoms in total. The van der Waals surface area contributed by atoms with E-state index in [1.165, 1.54) is 11.1 Å². The third-order valence-electron chi connectivity index (χ3n) is 2.75. The molecule has 0 aliphatic heterocycles. The third kappa shape index (κ3) is 1.25. The number of rotatable bonds is 0. The van der Waals surface area contributed by atoms with Gasteiger partial charge in [-0.25, -0.2) is 0 Å². The molecule has 0 saturated heterocycles. The Hall–Kier alpha value is -0.820. The normalized spacial score (nSPS) is 28.2. The second-order valence-electron chi connectivity index (χ2n) is 3.72. The van der Waals surface area contributed by atoms with Crippen LogP contribution in [0.2, 0.25) is 0 Å². The van der Waals surface area contributed by atoms with Crippen molar-refractivity contribution in [2.75, 3.05) is 0 Å². The number of hydrogen-bond acceptors (Lipinski definition) is 1. The molecule has 0 heterocycles. The van der Waals surface area contributed by atoms with Crippen LogP contribution in [0, 0.1) is 5.92 Å². The molecule has 0 spiro atoms. The summed E-state index contributed by atoms with van der Waals surface area (Å²) in [7, 11) is 0. The molecule has 1 heteroatoms. The summed E-state index contributed by atoms with van der Waals surface area (Å²) in [5.74, 6) is 0.417. The number of benzene rings is 1. The molecular formula is C11H14O. The van der Waals surface area contributed by atoms with Crippen LogP contribution in [0.5, 0.6) is 0 Å². The molecule has 2 rings (SSSR count). The van der Waals surface area contributed by atoms with E-state index in [0.29, 0.717) is 5.92 Å². The van der Waals surface area contributed by atoms with Crippen LogP contribution in [0.15, 0.2) is 24.3 Å². The summed E-state index contributed by atoms with van der Waals surface area (Å²) in [6, 6.07) is 8.40. The molecule has 1 aromatic rings. The SMILES string of the molecule is C[C@H]1Cc2ccccc2C[C@@H]1O. The van der Waals surface area contributed by atoms with Gasteiger partial charge in [-0.3, -0.25) is 0 Å². The molecule has 12 heavy (non-hydrogen) atoms. The maximum atomic E-state index is 9.62. The molecule has 1 aliphatic rings. The average molecular weight is 162 g/mol. The van der Waals surface area contributed by atoms with Crippen LogP contribution in [0.3, 0.4) is 0 Å². The van der Waals surface area contributed by atoms with Crippen molar-refractivity contribution in [3.8, 4) is 0 Å². The standard InChI is InChI=1S/C11H14O/c1-8-6-9-4-2-3-5-10(9)7-11(8)12/h2-5,8,11-12H,6-7H2,1H3/t8-,11-/m0/s1. The molecule has 1 N–H and O–H groups in total. The van der Waals surface area contributed by atoms with Crippen molar-refractivity contribution in [3.63, 3.8) is 0 Å². The molecule has 0 bridgehead atoms. The molecular weight excluding hydrogens is 148 g/mol. The quantitative estimate of drug-likeness (QED) is 0.616. The smallest absolute Gasteiger partial charge is 0.0609 e. The molecule has 0 unspecified atom stereocenters. The molecule has 0 saturated carbocycles. The van der Waals surface area contributed by atoms with Gasteiger partial charge in [0.05, 0.1) is 6.10 Å².